The fourth-order valence-corrected chi connectivity index (χ4v) is 2.00. The van der Waals surface area contributed by atoms with Gasteiger partial charge in [-0.2, -0.15) is 5.10 Å². The molecular formula is C13H16BrN3. The van der Waals surface area contributed by atoms with Crippen molar-refractivity contribution in [3.8, 4) is 11.1 Å². The standard InChI is InChI=1S/C13H16BrN3/c1-16(2)6-7-17-10-12(9-15-17)11-4-3-5-13(14)8-11/h3-5,8-10H,6-7H2,1-2H3. The number of halogens is 1. The zero-order valence-electron chi connectivity index (χ0n) is 10.1. The van der Waals surface area contributed by atoms with Gasteiger partial charge in [-0.1, -0.05) is 28.1 Å². The molecule has 0 atom stereocenters. The maximum atomic E-state index is 4.37. The molecule has 1 heterocycles. The van der Waals surface area contributed by atoms with Crippen LogP contribution in [0.4, 0.5) is 0 Å². The van der Waals surface area contributed by atoms with Gasteiger partial charge in [-0.05, 0) is 31.8 Å². The summed E-state index contributed by atoms with van der Waals surface area (Å²) >= 11 is 3.48. The number of hydrogen-bond acceptors (Lipinski definition) is 2. The summed E-state index contributed by atoms with van der Waals surface area (Å²) < 4.78 is 3.08. The third kappa shape index (κ3) is 3.41. The fraction of sp³-hybridized carbons (Fsp3) is 0.308. The van der Waals surface area contributed by atoms with Crippen LogP contribution < -0.4 is 0 Å². The molecule has 17 heavy (non-hydrogen) atoms. The van der Waals surface area contributed by atoms with E-state index in [9.17, 15) is 0 Å². The van der Waals surface area contributed by atoms with Crippen LogP contribution in [0, 0.1) is 0 Å². The average molecular weight is 294 g/mol. The Balaban J connectivity index is 2.12. The summed E-state index contributed by atoms with van der Waals surface area (Å²) in [5.74, 6) is 0. The molecular weight excluding hydrogens is 278 g/mol. The fourth-order valence-electron chi connectivity index (χ4n) is 1.61. The lowest BCUT2D eigenvalue weighted by Crippen LogP contribution is -2.18. The first-order valence-corrected chi connectivity index (χ1v) is 6.37. The molecule has 0 aliphatic carbocycles. The van der Waals surface area contributed by atoms with Crippen LogP contribution in [-0.4, -0.2) is 35.3 Å². The van der Waals surface area contributed by atoms with Crippen molar-refractivity contribution < 1.29 is 0 Å². The molecule has 2 rings (SSSR count). The van der Waals surface area contributed by atoms with E-state index in [1.807, 2.05) is 23.0 Å². The summed E-state index contributed by atoms with van der Waals surface area (Å²) in [4.78, 5) is 2.15. The predicted molar refractivity (Wildman–Crippen MR) is 73.9 cm³/mol. The van der Waals surface area contributed by atoms with Gasteiger partial charge in [0.05, 0.1) is 12.7 Å². The minimum absolute atomic E-state index is 0.918. The second-order valence-electron chi connectivity index (χ2n) is 4.31. The lowest BCUT2D eigenvalue weighted by Gasteiger charge is -2.08. The first kappa shape index (κ1) is 12.3. The zero-order valence-corrected chi connectivity index (χ0v) is 11.7. The molecule has 0 bridgehead atoms. The van der Waals surface area contributed by atoms with Gasteiger partial charge in [0.25, 0.3) is 0 Å². The van der Waals surface area contributed by atoms with Crippen molar-refractivity contribution in [1.82, 2.24) is 14.7 Å². The molecule has 4 heteroatoms. The van der Waals surface area contributed by atoms with E-state index in [4.69, 9.17) is 0 Å². The van der Waals surface area contributed by atoms with E-state index >= 15 is 0 Å². The van der Waals surface area contributed by atoms with Gasteiger partial charge < -0.3 is 4.90 Å². The Hall–Kier alpha value is -1.13. The second kappa shape index (κ2) is 5.47. The molecule has 1 aromatic carbocycles. The lowest BCUT2D eigenvalue weighted by atomic mass is 10.1. The Morgan fingerprint density at radius 2 is 2.12 bits per heavy atom. The molecule has 0 unspecified atom stereocenters. The third-order valence-electron chi connectivity index (χ3n) is 2.57. The van der Waals surface area contributed by atoms with Crippen LogP contribution in [0.5, 0.6) is 0 Å². The number of benzene rings is 1. The van der Waals surface area contributed by atoms with E-state index in [1.54, 1.807) is 0 Å². The highest BCUT2D eigenvalue weighted by Gasteiger charge is 2.02. The number of likely N-dealkylation sites (N-methyl/N-ethyl adjacent to an activating group) is 1. The van der Waals surface area contributed by atoms with Crippen LogP contribution in [0.25, 0.3) is 11.1 Å². The first-order chi connectivity index (χ1) is 8.15. The highest BCUT2D eigenvalue weighted by atomic mass is 79.9. The van der Waals surface area contributed by atoms with Gasteiger partial charge in [-0.3, -0.25) is 4.68 Å². The average Bonchev–Trinajstić information content (AvgIpc) is 2.75. The summed E-state index contributed by atoms with van der Waals surface area (Å²) in [6.45, 7) is 1.92. The van der Waals surface area contributed by atoms with Gasteiger partial charge in [0.1, 0.15) is 0 Å². The van der Waals surface area contributed by atoms with Crippen LogP contribution in [0.15, 0.2) is 41.1 Å². The molecule has 3 nitrogen and oxygen atoms in total. The first-order valence-electron chi connectivity index (χ1n) is 5.58. The van der Waals surface area contributed by atoms with Gasteiger partial charge in [0.15, 0.2) is 0 Å². The van der Waals surface area contributed by atoms with Crippen molar-refractivity contribution in [2.45, 2.75) is 6.54 Å². The normalized spacial score (nSPS) is 11.1. The molecule has 0 saturated carbocycles. The summed E-state index contributed by atoms with van der Waals surface area (Å²) in [7, 11) is 4.14. The quantitative estimate of drug-likeness (QED) is 0.864. The maximum Gasteiger partial charge on any atom is 0.0568 e. The Morgan fingerprint density at radius 3 is 2.82 bits per heavy atom. The van der Waals surface area contributed by atoms with E-state index in [0.717, 1.165) is 23.1 Å². The van der Waals surface area contributed by atoms with Crippen molar-refractivity contribution in [3.05, 3.63) is 41.1 Å². The maximum absolute atomic E-state index is 4.37. The van der Waals surface area contributed by atoms with Crippen molar-refractivity contribution in [3.63, 3.8) is 0 Å². The molecule has 0 N–H and O–H groups in total. The topological polar surface area (TPSA) is 21.1 Å². The van der Waals surface area contributed by atoms with Crippen molar-refractivity contribution in [2.24, 2.45) is 0 Å². The Morgan fingerprint density at radius 1 is 1.29 bits per heavy atom. The number of hydrogen-bond donors (Lipinski definition) is 0. The summed E-state index contributed by atoms with van der Waals surface area (Å²) in [5.41, 5.74) is 2.35. The van der Waals surface area contributed by atoms with Crippen LogP contribution in [0.3, 0.4) is 0 Å². The molecule has 90 valence electrons. The molecule has 0 aliphatic heterocycles. The van der Waals surface area contributed by atoms with Crippen LogP contribution in [0.2, 0.25) is 0 Å². The molecule has 0 amide bonds. The number of aromatic nitrogens is 2. The van der Waals surface area contributed by atoms with E-state index in [1.165, 1.54) is 5.56 Å². The van der Waals surface area contributed by atoms with E-state index < -0.39 is 0 Å². The lowest BCUT2D eigenvalue weighted by molar-refractivity contribution is 0.373. The van der Waals surface area contributed by atoms with Crippen molar-refractivity contribution in [1.29, 1.82) is 0 Å². The highest BCUT2D eigenvalue weighted by molar-refractivity contribution is 9.10. The molecule has 0 saturated heterocycles. The van der Waals surface area contributed by atoms with Gasteiger partial charge in [-0.15, -0.1) is 0 Å². The minimum Gasteiger partial charge on any atom is -0.308 e. The SMILES string of the molecule is CN(C)CCn1cc(-c2cccc(Br)c2)cn1. The summed E-state index contributed by atoms with van der Waals surface area (Å²) in [6.07, 6.45) is 4.00. The molecule has 1 aromatic heterocycles. The van der Waals surface area contributed by atoms with Crippen molar-refractivity contribution >= 4 is 15.9 Å². The number of nitrogens with zero attached hydrogens (tertiary/aromatic N) is 3. The van der Waals surface area contributed by atoms with Crippen molar-refractivity contribution in [2.75, 3.05) is 20.6 Å². The van der Waals surface area contributed by atoms with Crippen LogP contribution in [0.1, 0.15) is 0 Å². The third-order valence-corrected chi connectivity index (χ3v) is 3.06. The largest absolute Gasteiger partial charge is 0.308 e. The zero-order chi connectivity index (χ0) is 12.3. The van der Waals surface area contributed by atoms with E-state index in [2.05, 4.69) is 58.4 Å². The molecule has 0 radical (unpaired) electrons. The van der Waals surface area contributed by atoms with Gasteiger partial charge in [0, 0.05) is 22.8 Å². The molecule has 0 spiro atoms. The smallest absolute Gasteiger partial charge is 0.0568 e. The Kier molecular flexibility index (Phi) is 3.97. The molecule has 0 aliphatic rings. The Labute approximate surface area is 110 Å². The second-order valence-corrected chi connectivity index (χ2v) is 5.22. The minimum atomic E-state index is 0.918. The van der Waals surface area contributed by atoms with Crippen LogP contribution >= 0.6 is 15.9 Å². The number of rotatable bonds is 4. The van der Waals surface area contributed by atoms with Crippen LogP contribution in [-0.2, 0) is 6.54 Å². The molecule has 2 aromatic rings. The predicted octanol–water partition coefficient (Wildman–Crippen LogP) is 2.87. The van der Waals surface area contributed by atoms with Gasteiger partial charge in [-0.25, -0.2) is 0 Å². The summed E-state index contributed by atoms with van der Waals surface area (Å²) in [6, 6.07) is 8.27. The van der Waals surface area contributed by atoms with Gasteiger partial charge in [0.2, 0.25) is 0 Å². The van der Waals surface area contributed by atoms with Gasteiger partial charge >= 0.3 is 0 Å². The molecule has 0 fully saturated rings. The Bertz CT molecular complexity index is 491. The van der Waals surface area contributed by atoms with E-state index in [-0.39, 0.29) is 0 Å². The van der Waals surface area contributed by atoms with E-state index in [0.29, 0.717) is 0 Å². The highest BCUT2D eigenvalue weighted by Crippen LogP contribution is 2.22. The monoisotopic (exact) mass is 293 g/mol. The summed E-state index contributed by atoms with van der Waals surface area (Å²) in [5, 5.41) is 4.37.